The van der Waals surface area contributed by atoms with Crippen LogP contribution in [-0.4, -0.2) is 43.2 Å². The van der Waals surface area contributed by atoms with Crippen molar-refractivity contribution in [2.45, 2.75) is 58.0 Å². The highest BCUT2D eigenvalue weighted by Gasteiger charge is 2.23. The number of piperidine rings is 1. The number of ether oxygens (including phenoxy) is 2. The molecule has 1 fully saturated rings. The summed E-state index contributed by atoms with van der Waals surface area (Å²) in [5.41, 5.74) is 0.953. The summed E-state index contributed by atoms with van der Waals surface area (Å²) in [6, 6.07) is 8.82. The van der Waals surface area contributed by atoms with E-state index in [2.05, 4.69) is 18.7 Å². The van der Waals surface area contributed by atoms with E-state index in [1.807, 2.05) is 24.3 Å². The Morgan fingerprint density at radius 2 is 1.79 bits per heavy atom. The Labute approximate surface area is 151 Å². The first-order valence-corrected chi connectivity index (χ1v) is 8.64. The van der Waals surface area contributed by atoms with E-state index in [0.29, 0.717) is 25.1 Å². The molecule has 1 aliphatic heterocycles. The van der Waals surface area contributed by atoms with Crippen molar-refractivity contribution in [3.63, 3.8) is 0 Å². The van der Waals surface area contributed by atoms with Gasteiger partial charge in [-0.2, -0.15) is 0 Å². The Morgan fingerprint density at radius 3 is 2.38 bits per heavy atom. The van der Waals surface area contributed by atoms with E-state index in [0.717, 1.165) is 24.3 Å². The highest BCUT2D eigenvalue weighted by atomic mass is 35.5. The third-order valence-corrected chi connectivity index (χ3v) is 4.71. The summed E-state index contributed by atoms with van der Waals surface area (Å²) in [6.45, 7) is 6.11. The van der Waals surface area contributed by atoms with Crippen LogP contribution in [0, 0.1) is 0 Å². The molecule has 0 bridgehead atoms. The minimum Gasteiger partial charge on any atom is -0.497 e. The molecule has 5 heteroatoms. The first-order valence-electron chi connectivity index (χ1n) is 8.64. The van der Waals surface area contributed by atoms with Crippen LogP contribution < -0.4 is 4.74 Å². The monoisotopic (exact) mass is 355 g/mol. The van der Waals surface area contributed by atoms with Crippen molar-refractivity contribution in [3.8, 4) is 5.75 Å². The van der Waals surface area contributed by atoms with Crippen molar-refractivity contribution in [2.24, 2.45) is 0 Å². The lowest BCUT2D eigenvalue weighted by Crippen LogP contribution is -2.44. The fraction of sp³-hybridized carbons (Fsp3) is 0.632. The maximum atomic E-state index is 11.9. The molecule has 2 rings (SSSR count). The fourth-order valence-corrected chi connectivity index (χ4v) is 3.31. The molecular formula is C19H30ClNO3. The lowest BCUT2D eigenvalue weighted by atomic mass is 9.97. The molecule has 24 heavy (non-hydrogen) atoms. The van der Waals surface area contributed by atoms with E-state index in [9.17, 15) is 4.79 Å². The number of esters is 1. The second-order valence-electron chi connectivity index (χ2n) is 6.47. The van der Waals surface area contributed by atoms with Crippen LogP contribution in [-0.2, 0) is 16.0 Å². The Kier molecular flexibility index (Phi) is 9.16. The fourth-order valence-electron chi connectivity index (χ4n) is 3.31. The van der Waals surface area contributed by atoms with E-state index >= 15 is 0 Å². The molecule has 0 N–H and O–H groups in total. The average molecular weight is 356 g/mol. The van der Waals surface area contributed by atoms with Gasteiger partial charge in [0.1, 0.15) is 5.75 Å². The zero-order valence-electron chi connectivity index (χ0n) is 15.0. The van der Waals surface area contributed by atoms with Gasteiger partial charge in [-0.05, 0) is 50.8 Å². The van der Waals surface area contributed by atoms with Gasteiger partial charge in [-0.3, -0.25) is 9.69 Å². The van der Waals surface area contributed by atoms with Crippen molar-refractivity contribution in [1.29, 1.82) is 0 Å². The van der Waals surface area contributed by atoms with Crippen LogP contribution in [0.4, 0.5) is 0 Å². The van der Waals surface area contributed by atoms with Gasteiger partial charge in [0, 0.05) is 18.6 Å². The van der Waals surface area contributed by atoms with Crippen molar-refractivity contribution < 1.29 is 14.3 Å². The standard InChI is InChI=1S/C19H29NO3.ClH/c1-15-6-4-7-16(2)20(15)12-5-13-23-19(21)14-17-8-10-18(22-3)11-9-17;/h8-11,15-16H,4-7,12-14H2,1-3H3;1H. The zero-order chi connectivity index (χ0) is 16.7. The molecule has 136 valence electrons. The van der Waals surface area contributed by atoms with Gasteiger partial charge >= 0.3 is 5.97 Å². The summed E-state index contributed by atoms with van der Waals surface area (Å²) in [5, 5.41) is 0. The largest absolute Gasteiger partial charge is 0.497 e. The van der Waals surface area contributed by atoms with Gasteiger partial charge in [0.15, 0.2) is 0 Å². The average Bonchev–Trinajstić information content (AvgIpc) is 2.54. The minimum absolute atomic E-state index is 0. The molecular weight excluding hydrogens is 326 g/mol. The quantitative estimate of drug-likeness (QED) is 0.550. The first kappa shape index (κ1) is 20.8. The number of carbonyl (C=O) groups is 1. The molecule has 1 saturated heterocycles. The van der Waals surface area contributed by atoms with Gasteiger partial charge in [-0.25, -0.2) is 0 Å². The van der Waals surface area contributed by atoms with Gasteiger partial charge in [0.25, 0.3) is 0 Å². The van der Waals surface area contributed by atoms with Crippen molar-refractivity contribution >= 4 is 18.4 Å². The summed E-state index contributed by atoms with van der Waals surface area (Å²) in [4.78, 5) is 14.4. The molecule has 0 radical (unpaired) electrons. The van der Waals surface area contributed by atoms with E-state index in [-0.39, 0.29) is 18.4 Å². The smallest absolute Gasteiger partial charge is 0.310 e. The molecule has 0 spiro atoms. The van der Waals surface area contributed by atoms with Crippen LogP contribution in [0.15, 0.2) is 24.3 Å². The van der Waals surface area contributed by atoms with Crippen LogP contribution in [0.5, 0.6) is 5.75 Å². The molecule has 2 unspecified atom stereocenters. The molecule has 0 amide bonds. The Hall–Kier alpha value is -1.26. The highest BCUT2D eigenvalue weighted by molar-refractivity contribution is 5.85. The van der Waals surface area contributed by atoms with Crippen LogP contribution in [0.3, 0.4) is 0 Å². The van der Waals surface area contributed by atoms with Gasteiger partial charge in [0.05, 0.1) is 20.1 Å². The number of nitrogens with zero attached hydrogens (tertiary/aromatic N) is 1. The molecule has 1 aromatic carbocycles. The van der Waals surface area contributed by atoms with E-state index in [4.69, 9.17) is 9.47 Å². The summed E-state index contributed by atoms with van der Waals surface area (Å²) < 4.78 is 10.5. The summed E-state index contributed by atoms with van der Waals surface area (Å²) in [5.74, 6) is 0.641. The van der Waals surface area contributed by atoms with Gasteiger partial charge in [0.2, 0.25) is 0 Å². The van der Waals surface area contributed by atoms with Gasteiger partial charge < -0.3 is 9.47 Å². The number of benzene rings is 1. The lowest BCUT2D eigenvalue weighted by Gasteiger charge is -2.38. The third-order valence-electron chi connectivity index (χ3n) is 4.71. The van der Waals surface area contributed by atoms with Crippen molar-refractivity contribution in [2.75, 3.05) is 20.3 Å². The zero-order valence-corrected chi connectivity index (χ0v) is 15.8. The number of hydrogen-bond acceptors (Lipinski definition) is 4. The molecule has 0 aliphatic carbocycles. The normalized spacial score (nSPS) is 21.0. The van der Waals surface area contributed by atoms with E-state index in [1.54, 1.807) is 7.11 Å². The number of likely N-dealkylation sites (tertiary alicyclic amines) is 1. The highest BCUT2D eigenvalue weighted by Crippen LogP contribution is 2.22. The maximum absolute atomic E-state index is 11.9. The molecule has 2 atom stereocenters. The second-order valence-corrected chi connectivity index (χ2v) is 6.47. The number of carbonyl (C=O) groups excluding carboxylic acids is 1. The first-order chi connectivity index (χ1) is 11.1. The molecule has 1 aliphatic rings. The van der Waals surface area contributed by atoms with Crippen molar-refractivity contribution in [3.05, 3.63) is 29.8 Å². The van der Waals surface area contributed by atoms with Crippen LogP contribution in [0.2, 0.25) is 0 Å². The summed E-state index contributed by atoms with van der Waals surface area (Å²) in [6.07, 6.45) is 5.11. The molecule has 1 heterocycles. The van der Waals surface area contributed by atoms with Gasteiger partial charge in [-0.1, -0.05) is 18.6 Å². The maximum Gasteiger partial charge on any atom is 0.310 e. The van der Waals surface area contributed by atoms with Crippen molar-refractivity contribution in [1.82, 2.24) is 4.90 Å². The summed E-state index contributed by atoms with van der Waals surface area (Å²) in [7, 11) is 1.63. The second kappa shape index (κ2) is 10.6. The molecule has 1 aromatic rings. The molecule has 0 aromatic heterocycles. The number of halogens is 1. The number of hydrogen-bond donors (Lipinski definition) is 0. The number of methoxy groups -OCH3 is 1. The van der Waals surface area contributed by atoms with Gasteiger partial charge in [-0.15, -0.1) is 12.4 Å². The third kappa shape index (κ3) is 6.33. The van der Waals surface area contributed by atoms with E-state index in [1.165, 1.54) is 19.3 Å². The predicted molar refractivity (Wildman–Crippen MR) is 99.0 cm³/mol. The van der Waals surface area contributed by atoms with Crippen LogP contribution >= 0.6 is 12.4 Å². The minimum atomic E-state index is -0.157. The topological polar surface area (TPSA) is 38.8 Å². The predicted octanol–water partition coefficient (Wildman–Crippen LogP) is 3.86. The summed E-state index contributed by atoms with van der Waals surface area (Å²) >= 11 is 0. The van der Waals surface area contributed by atoms with E-state index < -0.39 is 0 Å². The Balaban J connectivity index is 0.00000288. The SMILES string of the molecule is COc1ccc(CC(=O)OCCCN2C(C)CCCC2C)cc1.Cl. The van der Waals surface area contributed by atoms with Crippen LogP contribution in [0.1, 0.15) is 45.1 Å². The molecule has 0 saturated carbocycles. The molecule has 4 nitrogen and oxygen atoms in total. The lowest BCUT2D eigenvalue weighted by molar-refractivity contribution is -0.143. The Morgan fingerprint density at radius 1 is 1.17 bits per heavy atom. The Bertz CT molecular complexity index is 482. The number of rotatable bonds is 7. The van der Waals surface area contributed by atoms with Crippen LogP contribution in [0.25, 0.3) is 0 Å².